The summed E-state index contributed by atoms with van der Waals surface area (Å²) in [6.45, 7) is 0.467. The van der Waals surface area contributed by atoms with Crippen molar-refractivity contribution in [3.8, 4) is 11.1 Å². The molecule has 3 rings (SSSR count). The number of para-hydroxylation sites is 1. The summed E-state index contributed by atoms with van der Waals surface area (Å²) in [5.74, 6) is 0. The van der Waals surface area contributed by atoms with E-state index in [1.165, 1.54) is 5.39 Å². The van der Waals surface area contributed by atoms with Crippen molar-refractivity contribution in [2.75, 3.05) is 0 Å². The van der Waals surface area contributed by atoms with Crippen LogP contribution < -0.4 is 5.73 Å². The Morgan fingerprint density at radius 2 is 2.06 bits per heavy atom. The molecule has 4 N–H and O–H groups in total. The molecule has 0 saturated heterocycles. The topological polar surface area (TPSA) is 70.5 Å². The van der Waals surface area contributed by atoms with Gasteiger partial charge in [0.15, 0.2) is 0 Å². The Labute approximate surface area is 92.5 Å². The molecule has 0 saturated carbocycles. The summed E-state index contributed by atoms with van der Waals surface area (Å²) in [5.41, 5.74) is 9.97. The Kier molecular flexibility index (Phi) is 2.01. The molecule has 80 valence electrons. The number of nitrogens with two attached hydrogens (primary N) is 1. The molecule has 0 amide bonds. The third kappa shape index (κ3) is 1.24. The molecule has 0 aliphatic carbocycles. The first-order valence-corrected chi connectivity index (χ1v) is 5.19. The average molecular weight is 212 g/mol. The molecule has 2 aromatic heterocycles. The van der Waals surface area contributed by atoms with Gasteiger partial charge in [-0.1, -0.05) is 18.2 Å². The first kappa shape index (κ1) is 9.18. The summed E-state index contributed by atoms with van der Waals surface area (Å²) in [4.78, 5) is 3.25. The van der Waals surface area contributed by atoms with Crippen molar-refractivity contribution in [3.05, 3.63) is 42.4 Å². The number of rotatable bonds is 2. The van der Waals surface area contributed by atoms with E-state index in [1.807, 2.05) is 24.5 Å². The van der Waals surface area contributed by atoms with Gasteiger partial charge in [0, 0.05) is 34.8 Å². The quantitative estimate of drug-likeness (QED) is 0.608. The lowest BCUT2D eigenvalue weighted by atomic mass is 10.1. The Morgan fingerprint density at radius 3 is 2.94 bits per heavy atom. The Hall–Kier alpha value is -2.07. The number of nitrogens with one attached hydrogen (secondary N) is 2. The normalized spacial score (nSPS) is 11.1. The van der Waals surface area contributed by atoms with Gasteiger partial charge >= 0.3 is 0 Å². The van der Waals surface area contributed by atoms with Gasteiger partial charge < -0.3 is 10.7 Å². The molecule has 0 aliphatic heterocycles. The van der Waals surface area contributed by atoms with Gasteiger partial charge in [0.25, 0.3) is 0 Å². The number of nitrogens with zero attached hydrogens (tertiary/aromatic N) is 1. The van der Waals surface area contributed by atoms with Gasteiger partial charge in [0.2, 0.25) is 0 Å². The summed E-state index contributed by atoms with van der Waals surface area (Å²) in [6.07, 6.45) is 3.81. The highest BCUT2D eigenvalue weighted by Gasteiger charge is 2.10. The Balaban J connectivity index is 2.26. The number of benzene rings is 1. The monoisotopic (exact) mass is 212 g/mol. The fourth-order valence-electron chi connectivity index (χ4n) is 1.99. The zero-order chi connectivity index (χ0) is 11.0. The van der Waals surface area contributed by atoms with Crippen LogP contribution in [0.5, 0.6) is 0 Å². The number of fused-ring (bicyclic) bond motifs is 1. The van der Waals surface area contributed by atoms with E-state index in [4.69, 9.17) is 5.73 Å². The second-order valence-corrected chi connectivity index (χ2v) is 3.71. The lowest BCUT2D eigenvalue weighted by Gasteiger charge is -1.98. The van der Waals surface area contributed by atoms with Gasteiger partial charge in [-0.2, -0.15) is 5.10 Å². The number of aromatic nitrogens is 3. The molecule has 4 nitrogen and oxygen atoms in total. The van der Waals surface area contributed by atoms with Gasteiger partial charge in [-0.25, -0.2) is 0 Å². The molecule has 3 aromatic rings. The van der Waals surface area contributed by atoms with E-state index in [2.05, 4.69) is 27.3 Å². The van der Waals surface area contributed by atoms with Crippen LogP contribution in [0.25, 0.3) is 22.0 Å². The van der Waals surface area contributed by atoms with E-state index in [0.29, 0.717) is 6.54 Å². The second kappa shape index (κ2) is 3.50. The number of hydrogen-bond donors (Lipinski definition) is 3. The molecule has 0 spiro atoms. The van der Waals surface area contributed by atoms with Crippen LogP contribution in [0.2, 0.25) is 0 Å². The first-order valence-electron chi connectivity index (χ1n) is 5.19. The van der Waals surface area contributed by atoms with Crippen molar-refractivity contribution in [1.82, 2.24) is 15.2 Å². The number of aromatic amines is 2. The minimum atomic E-state index is 0.467. The maximum atomic E-state index is 5.66. The molecule has 4 heteroatoms. The molecule has 0 fully saturated rings. The van der Waals surface area contributed by atoms with Gasteiger partial charge in [0.1, 0.15) is 0 Å². The summed E-state index contributed by atoms with van der Waals surface area (Å²) in [5, 5.41) is 8.15. The third-order valence-electron chi connectivity index (χ3n) is 2.80. The highest BCUT2D eigenvalue weighted by molar-refractivity contribution is 5.95. The van der Waals surface area contributed by atoms with Gasteiger partial charge in [-0.05, 0) is 6.07 Å². The van der Waals surface area contributed by atoms with E-state index in [9.17, 15) is 0 Å². The zero-order valence-electron chi connectivity index (χ0n) is 8.70. The fourth-order valence-corrected chi connectivity index (χ4v) is 1.99. The molecule has 0 atom stereocenters. The van der Waals surface area contributed by atoms with E-state index >= 15 is 0 Å². The first-order chi connectivity index (χ1) is 7.90. The number of H-pyrrole nitrogens is 2. The molecule has 1 aromatic carbocycles. The Bertz CT molecular complexity index is 621. The van der Waals surface area contributed by atoms with Crippen LogP contribution in [-0.4, -0.2) is 15.2 Å². The SMILES string of the molecule is NCc1[nH]ncc1-c1c[nH]c2ccccc12. The minimum absolute atomic E-state index is 0.467. The lowest BCUT2D eigenvalue weighted by molar-refractivity contribution is 0.948. The molecule has 0 aliphatic rings. The predicted molar refractivity (Wildman–Crippen MR) is 63.8 cm³/mol. The van der Waals surface area contributed by atoms with Gasteiger partial charge in [0.05, 0.1) is 11.9 Å². The second-order valence-electron chi connectivity index (χ2n) is 3.71. The highest BCUT2D eigenvalue weighted by Crippen LogP contribution is 2.29. The summed E-state index contributed by atoms with van der Waals surface area (Å²) in [7, 11) is 0. The maximum Gasteiger partial charge on any atom is 0.0570 e. The number of hydrogen-bond acceptors (Lipinski definition) is 2. The largest absolute Gasteiger partial charge is 0.361 e. The molecule has 0 bridgehead atoms. The fraction of sp³-hybridized carbons (Fsp3) is 0.0833. The van der Waals surface area contributed by atoms with E-state index in [0.717, 1.165) is 22.3 Å². The van der Waals surface area contributed by atoms with Crippen LogP contribution in [0.1, 0.15) is 5.69 Å². The molecular weight excluding hydrogens is 200 g/mol. The smallest absolute Gasteiger partial charge is 0.0570 e. The lowest BCUT2D eigenvalue weighted by Crippen LogP contribution is -1.98. The van der Waals surface area contributed by atoms with Crippen molar-refractivity contribution in [2.24, 2.45) is 5.73 Å². The molecule has 2 heterocycles. The van der Waals surface area contributed by atoms with Crippen molar-refractivity contribution >= 4 is 10.9 Å². The minimum Gasteiger partial charge on any atom is -0.361 e. The van der Waals surface area contributed by atoms with Crippen molar-refractivity contribution in [2.45, 2.75) is 6.54 Å². The van der Waals surface area contributed by atoms with E-state index in [-0.39, 0.29) is 0 Å². The van der Waals surface area contributed by atoms with E-state index < -0.39 is 0 Å². The summed E-state index contributed by atoms with van der Waals surface area (Å²) < 4.78 is 0. The van der Waals surface area contributed by atoms with Crippen LogP contribution in [0.4, 0.5) is 0 Å². The molecular formula is C12H12N4. The molecule has 0 radical (unpaired) electrons. The van der Waals surface area contributed by atoms with Crippen LogP contribution in [0, 0.1) is 0 Å². The highest BCUT2D eigenvalue weighted by atomic mass is 15.1. The van der Waals surface area contributed by atoms with E-state index in [1.54, 1.807) is 0 Å². The van der Waals surface area contributed by atoms with Crippen LogP contribution in [0.15, 0.2) is 36.7 Å². The average Bonchev–Trinajstić information content (AvgIpc) is 2.94. The van der Waals surface area contributed by atoms with Crippen molar-refractivity contribution in [1.29, 1.82) is 0 Å². The zero-order valence-corrected chi connectivity index (χ0v) is 8.70. The maximum absolute atomic E-state index is 5.66. The molecule has 0 unspecified atom stereocenters. The van der Waals surface area contributed by atoms with Gasteiger partial charge in [-0.15, -0.1) is 0 Å². The van der Waals surface area contributed by atoms with Crippen molar-refractivity contribution < 1.29 is 0 Å². The summed E-state index contributed by atoms with van der Waals surface area (Å²) >= 11 is 0. The standard InChI is InChI=1S/C12H12N4/c13-5-12-10(7-15-16-12)9-6-14-11-4-2-1-3-8(9)11/h1-4,6-7,14H,5,13H2,(H,15,16). The van der Waals surface area contributed by atoms with Crippen LogP contribution >= 0.6 is 0 Å². The summed E-state index contributed by atoms with van der Waals surface area (Å²) in [6, 6.07) is 8.19. The van der Waals surface area contributed by atoms with Crippen LogP contribution in [-0.2, 0) is 6.54 Å². The van der Waals surface area contributed by atoms with Crippen LogP contribution in [0.3, 0.4) is 0 Å². The van der Waals surface area contributed by atoms with Gasteiger partial charge in [-0.3, -0.25) is 5.10 Å². The third-order valence-corrected chi connectivity index (χ3v) is 2.80. The Morgan fingerprint density at radius 1 is 1.19 bits per heavy atom. The van der Waals surface area contributed by atoms with Crippen molar-refractivity contribution in [3.63, 3.8) is 0 Å². The predicted octanol–water partition coefficient (Wildman–Crippen LogP) is 2.02. The molecule has 16 heavy (non-hydrogen) atoms.